The summed E-state index contributed by atoms with van der Waals surface area (Å²) in [5.41, 5.74) is 13.6. The van der Waals surface area contributed by atoms with E-state index >= 15 is 0 Å². The first-order chi connectivity index (χ1) is 23.3. The smallest absolute Gasteiger partial charge is 0.136 e. The highest BCUT2D eigenvalue weighted by molar-refractivity contribution is 6.12. The van der Waals surface area contributed by atoms with Gasteiger partial charge in [0, 0.05) is 40.8 Å². The average Bonchev–Trinajstić information content (AvgIpc) is 3.52. The largest absolute Gasteiger partial charge is 0.456 e. The van der Waals surface area contributed by atoms with Crippen LogP contribution in [0.15, 0.2) is 174 Å². The fraction of sp³-hybridized carbons (Fsp3) is 0.0455. The van der Waals surface area contributed by atoms with Crippen LogP contribution in [0.5, 0.6) is 0 Å². The van der Waals surface area contributed by atoms with Crippen molar-refractivity contribution >= 4 is 33.3 Å². The van der Waals surface area contributed by atoms with Gasteiger partial charge in [-0.05, 0) is 63.2 Å². The number of benzene rings is 7. The number of hydrogen-bond donors (Lipinski definition) is 2. The molecule has 8 aromatic rings. The first-order valence-electron chi connectivity index (χ1n) is 16.1. The van der Waals surface area contributed by atoms with E-state index in [0.717, 1.165) is 57.5 Å². The highest BCUT2D eigenvalue weighted by Gasteiger charge is 2.13. The molecule has 0 aliphatic rings. The first-order valence-corrected chi connectivity index (χ1v) is 16.1. The van der Waals surface area contributed by atoms with Crippen molar-refractivity contribution in [3.8, 4) is 33.4 Å². The van der Waals surface area contributed by atoms with Crippen molar-refractivity contribution in [1.82, 2.24) is 5.32 Å². The number of para-hydroxylation sites is 3. The minimum absolute atomic E-state index is 0.759. The van der Waals surface area contributed by atoms with E-state index in [1.165, 1.54) is 33.4 Å². The van der Waals surface area contributed by atoms with Gasteiger partial charge in [0.2, 0.25) is 0 Å². The monoisotopic (exact) mass is 606 g/mol. The summed E-state index contributed by atoms with van der Waals surface area (Å²) in [5.74, 6) is 0. The molecular weight excluding hydrogens is 572 g/mol. The Kier molecular flexibility index (Phi) is 7.80. The molecule has 1 heterocycles. The summed E-state index contributed by atoms with van der Waals surface area (Å²) in [6.07, 6.45) is 0. The van der Waals surface area contributed by atoms with Gasteiger partial charge in [-0.3, -0.25) is 0 Å². The Hall–Kier alpha value is -5.90. The maximum atomic E-state index is 6.14. The maximum absolute atomic E-state index is 6.14. The molecule has 7 aromatic carbocycles. The summed E-state index contributed by atoms with van der Waals surface area (Å²) in [4.78, 5) is 0. The number of fused-ring (bicyclic) bond motifs is 3. The molecule has 0 spiro atoms. The zero-order valence-corrected chi connectivity index (χ0v) is 26.0. The van der Waals surface area contributed by atoms with Crippen LogP contribution >= 0.6 is 0 Å². The van der Waals surface area contributed by atoms with E-state index in [0.29, 0.717) is 0 Å². The van der Waals surface area contributed by atoms with Crippen LogP contribution in [0.4, 0.5) is 11.4 Å². The van der Waals surface area contributed by atoms with Crippen molar-refractivity contribution in [2.45, 2.75) is 13.1 Å². The van der Waals surface area contributed by atoms with Crippen molar-refractivity contribution in [3.63, 3.8) is 0 Å². The van der Waals surface area contributed by atoms with Crippen LogP contribution in [-0.2, 0) is 13.1 Å². The zero-order chi connectivity index (χ0) is 31.4. The molecule has 0 amide bonds. The highest BCUT2D eigenvalue weighted by atomic mass is 16.3. The van der Waals surface area contributed by atoms with Crippen LogP contribution in [0.25, 0.3) is 55.3 Å². The van der Waals surface area contributed by atoms with E-state index in [9.17, 15) is 0 Å². The normalized spacial score (nSPS) is 11.2. The molecule has 1 aromatic heterocycles. The maximum Gasteiger partial charge on any atom is 0.136 e. The van der Waals surface area contributed by atoms with E-state index < -0.39 is 0 Å². The Morgan fingerprint density at radius 2 is 1.00 bits per heavy atom. The van der Waals surface area contributed by atoms with Crippen LogP contribution < -0.4 is 10.6 Å². The molecule has 47 heavy (non-hydrogen) atoms. The lowest BCUT2D eigenvalue weighted by Gasteiger charge is -2.16. The summed E-state index contributed by atoms with van der Waals surface area (Å²) >= 11 is 0. The van der Waals surface area contributed by atoms with Gasteiger partial charge in [0.15, 0.2) is 0 Å². The second-order valence-corrected chi connectivity index (χ2v) is 11.8. The van der Waals surface area contributed by atoms with E-state index in [-0.39, 0.29) is 0 Å². The van der Waals surface area contributed by atoms with Gasteiger partial charge in [0.1, 0.15) is 11.2 Å². The molecule has 226 valence electrons. The van der Waals surface area contributed by atoms with Gasteiger partial charge >= 0.3 is 0 Å². The van der Waals surface area contributed by atoms with Gasteiger partial charge in [-0.1, -0.05) is 146 Å². The highest BCUT2D eigenvalue weighted by Crippen LogP contribution is 2.38. The zero-order valence-electron chi connectivity index (χ0n) is 26.0. The molecule has 0 aliphatic heterocycles. The molecule has 0 saturated heterocycles. The third-order valence-corrected chi connectivity index (χ3v) is 8.83. The quantitative estimate of drug-likeness (QED) is 0.172. The molecule has 3 heteroatoms. The van der Waals surface area contributed by atoms with Crippen molar-refractivity contribution in [2.24, 2.45) is 0 Å². The molecule has 2 N–H and O–H groups in total. The molecular formula is C44H34N2O. The molecule has 0 aliphatic carbocycles. The number of nitrogens with one attached hydrogen (secondary N) is 2. The number of hydrogen-bond acceptors (Lipinski definition) is 3. The summed E-state index contributed by atoms with van der Waals surface area (Å²) in [6, 6.07) is 59.8. The van der Waals surface area contributed by atoms with Gasteiger partial charge in [-0.2, -0.15) is 0 Å². The second kappa shape index (κ2) is 12.8. The van der Waals surface area contributed by atoms with Crippen molar-refractivity contribution in [1.29, 1.82) is 0 Å². The lowest BCUT2D eigenvalue weighted by molar-refractivity contribution is 0.669. The Morgan fingerprint density at radius 3 is 1.83 bits per heavy atom. The van der Waals surface area contributed by atoms with E-state index in [4.69, 9.17) is 4.42 Å². The molecule has 0 unspecified atom stereocenters. The minimum atomic E-state index is 0.759. The first kappa shape index (κ1) is 28.6. The molecule has 0 fully saturated rings. The number of anilines is 2. The van der Waals surface area contributed by atoms with Crippen LogP contribution in [0, 0.1) is 0 Å². The predicted octanol–water partition coefficient (Wildman–Crippen LogP) is 11.6. The summed E-state index contributed by atoms with van der Waals surface area (Å²) in [7, 11) is 0. The van der Waals surface area contributed by atoms with E-state index in [1.54, 1.807) is 0 Å². The van der Waals surface area contributed by atoms with Crippen molar-refractivity contribution < 1.29 is 4.42 Å². The fourth-order valence-electron chi connectivity index (χ4n) is 6.42. The summed E-state index contributed by atoms with van der Waals surface area (Å²) < 4.78 is 6.14. The minimum Gasteiger partial charge on any atom is -0.456 e. The molecule has 0 saturated carbocycles. The van der Waals surface area contributed by atoms with Crippen LogP contribution in [0.2, 0.25) is 0 Å². The van der Waals surface area contributed by atoms with Gasteiger partial charge in [0.05, 0.1) is 0 Å². The third kappa shape index (κ3) is 5.93. The van der Waals surface area contributed by atoms with Crippen LogP contribution in [0.3, 0.4) is 0 Å². The Balaban J connectivity index is 0.996. The Labute approximate surface area is 275 Å². The standard InChI is InChI=1S/C44H34N2O/c1-2-11-32(12-3-1)33-23-21-31(22-24-33)29-45-30-36-13-4-7-17-40(36)46-41-18-8-5-14-37(41)34-25-27-35(28-26-34)38-16-10-20-43-44(38)39-15-6-9-19-42(39)47-43/h1-28,45-46H,29-30H2. The number of rotatable bonds is 9. The van der Waals surface area contributed by atoms with Crippen molar-refractivity contribution in [3.05, 3.63) is 181 Å². The molecule has 0 bridgehead atoms. The second-order valence-electron chi connectivity index (χ2n) is 11.8. The topological polar surface area (TPSA) is 37.2 Å². The van der Waals surface area contributed by atoms with Crippen LogP contribution in [0.1, 0.15) is 11.1 Å². The molecule has 8 rings (SSSR count). The van der Waals surface area contributed by atoms with Crippen LogP contribution in [-0.4, -0.2) is 0 Å². The molecule has 0 radical (unpaired) electrons. The SMILES string of the molecule is c1ccc(-c2ccc(CNCc3ccccc3Nc3ccccc3-c3ccc(-c4cccc5oc6ccccc6c45)cc3)cc2)cc1. The van der Waals surface area contributed by atoms with Gasteiger partial charge in [-0.25, -0.2) is 0 Å². The fourth-order valence-corrected chi connectivity index (χ4v) is 6.42. The van der Waals surface area contributed by atoms with Gasteiger partial charge in [-0.15, -0.1) is 0 Å². The lowest BCUT2D eigenvalue weighted by atomic mass is 9.96. The predicted molar refractivity (Wildman–Crippen MR) is 197 cm³/mol. The Morgan fingerprint density at radius 1 is 0.404 bits per heavy atom. The van der Waals surface area contributed by atoms with Gasteiger partial charge < -0.3 is 15.1 Å². The average molecular weight is 607 g/mol. The summed E-state index contributed by atoms with van der Waals surface area (Å²) in [6.45, 7) is 1.56. The third-order valence-electron chi connectivity index (χ3n) is 8.83. The lowest BCUT2D eigenvalue weighted by Crippen LogP contribution is -2.13. The number of furan rings is 1. The van der Waals surface area contributed by atoms with E-state index in [1.807, 2.05) is 18.2 Å². The van der Waals surface area contributed by atoms with Gasteiger partial charge in [0.25, 0.3) is 0 Å². The van der Waals surface area contributed by atoms with E-state index in [2.05, 4.69) is 162 Å². The van der Waals surface area contributed by atoms with Crippen molar-refractivity contribution in [2.75, 3.05) is 5.32 Å². The summed E-state index contributed by atoms with van der Waals surface area (Å²) in [5, 5.41) is 9.70. The molecule has 3 nitrogen and oxygen atoms in total. The Bertz CT molecular complexity index is 2280. The molecule has 0 atom stereocenters.